The van der Waals surface area contributed by atoms with Crippen LogP contribution in [0.2, 0.25) is 0 Å². The van der Waals surface area contributed by atoms with Crippen molar-refractivity contribution < 1.29 is 9.53 Å². The van der Waals surface area contributed by atoms with Gasteiger partial charge < -0.3 is 20.3 Å². The van der Waals surface area contributed by atoms with Crippen LogP contribution in [0, 0.1) is 11.3 Å². The van der Waals surface area contributed by atoms with E-state index in [1.54, 1.807) is 0 Å². The van der Waals surface area contributed by atoms with Crippen LogP contribution in [0.15, 0.2) is 0 Å². The van der Waals surface area contributed by atoms with Gasteiger partial charge in [0.15, 0.2) is 0 Å². The van der Waals surface area contributed by atoms with Crippen LogP contribution in [0.4, 0.5) is 4.79 Å². The third-order valence-electron chi connectivity index (χ3n) is 5.31. The number of fused-ring (bicyclic) bond motifs is 1. The maximum Gasteiger partial charge on any atom is 0.315 e. The van der Waals surface area contributed by atoms with Crippen LogP contribution in [0.25, 0.3) is 0 Å². The summed E-state index contributed by atoms with van der Waals surface area (Å²) in [7, 11) is 2.13. The highest BCUT2D eigenvalue weighted by Gasteiger charge is 2.59. The Morgan fingerprint density at radius 1 is 1.35 bits per heavy atom. The maximum absolute atomic E-state index is 12.0. The van der Waals surface area contributed by atoms with Gasteiger partial charge in [0.2, 0.25) is 0 Å². The van der Waals surface area contributed by atoms with Crippen LogP contribution in [-0.4, -0.2) is 55.9 Å². The van der Waals surface area contributed by atoms with Crippen LogP contribution < -0.4 is 10.6 Å². The first-order chi connectivity index (χ1) is 9.50. The minimum Gasteiger partial charge on any atom is -0.377 e. The molecule has 2 N–H and O–H groups in total. The molecule has 3 fully saturated rings. The largest absolute Gasteiger partial charge is 0.377 e. The standard InChI is InChI=1S/C15H27N3O2/c1-15(2)12(11-6-9-20-13(11)15)17-14(19)16-7-8-18(3)10-4-5-10/h10-13H,4-9H2,1-3H3,(H2,16,17,19)/t11-,12-,13+/m1/s1. The zero-order valence-electron chi connectivity index (χ0n) is 12.8. The zero-order valence-corrected chi connectivity index (χ0v) is 12.8. The molecule has 114 valence electrons. The van der Waals surface area contributed by atoms with Crippen molar-refractivity contribution in [3.63, 3.8) is 0 Å². The number of rotatable bonds is 5. The summed E-state index contributed by atoms with van der Waals surface area (Å²) in [6.07, 6.45) is 4.02. The lowest BCUT2D eigenvalue weighted by Crippen LogP contribution is -2.67. The Bertz CT molecular complexity index is 381. The number of urea groups is 1. The summed E-state index contributed by atoms with van der Waals surface area (Å²) >= 11 is 0. The quantitative estimate of drug-likeness (QED) is 0.796. The van der Waals surface area contributed by atoms with E-state index in [1.165, 1.54) is 12.8 Å². The molecule has 2 amide bonds. The number of carbonyl (C=O) groups is 1. The molecule has 2 aliphatic carbocycles. The molecule has 20 heavy (non-hydrogen) atoms. The monoisotopic (exact) mass is 281 g/mol. The lowest BCUT2D eigenvalue weighted by molar-refractivity contribution is -0.108. The van der Waals surface area contributed by atoms with Gasteiger partial charge in [0.25, 0.3) is 0 Å². The fourth-order valence-electron chi connectivity index (χ4n) is 3.85. The van der Waals surface area contributed by atoms with Crippen LogP contribution in [0.3, 0.4) is 0 Å². The Hall–Kier alpha value is -0.810. The smallest absolute Gasteiger partial charge is 0.315 e. The van der Waals surface area contributed by atoms with Crippen molar-refractivity contribution in [1.82, 2.24) is 15.5 Å². The third kappa shape index (κ3) is 2.53. The Morgan fingerprint density at radius 2 is 2.10 bits per heavy atom. The molecule has 0 aromatic heterocycles. The van der Waals surface area contributed by atoms with Crippen molar-refractivity contribution in [1.29, 1.82) is 0 Å². The van der Waals surface area contributed by atoms with E-state index >= 15 is 0 Å². The van der Waals surface area contributed by atoms with Gasteiger partial charge in [0, 0.05) is 43.1 Å². The van der Waals surface area contributed by atoms with Crippen LogP contribution in [0.1, 0.15) is 33.1 Å². The normalized spacial score (nSPS) is 34.5. The van der Waals surface area contributed by atoms with E-state index < -0.39 is 0 Å². The molecule has 0 radical (unpaired) electrons. The van der Waals surface area contributed by atoms with Gasteiger partial charge in [-0.3, -0.25) is 0 Å². The zero-order chi connectivity index (χ0) is 14.3. The average molecular weight is 281 g/mol. The molecule has 0 spiro atoms. The summed E-state index contributed by atoms with van der Waals surface area (Å²) in [6.45, 7) is 6.86. The Labute approximate surface area is 121 Å². The first kappa shape index (κ1) is 14.1. The van der Waals surface area contributed by atoms with Crippen molar-refractivity contribution in [3.05, 3.63) is 0 Å². The van der Waals surface area contributed by atoms with Gasteiger partial charge in [-0.05, 0) is 26.3 Å². The highest BCUT2D eigenvalue weighted by atomic mass is 16.5. The molecular weight excluding hydrogens is 254 g/mol. The number of ether oxygens (including phenoxy) is 1. The van der Waals surface area contributed by atoms with E-state index in [-0.39, 0.29) is 17.5 Å². The van der Waals surface area contributed by atoms with Gasteiger partial charge in [-0.2, -0.15) is 0 Å². The van der Waals surface area contributed by atoms with E-state index in [9.17, 15) is 4.79 Å². The molecule has 0 aromatic rings. The Morgan fingerprint density at radius 3 is 2.80 bits per heavy atom. The number of nitrogens with one attached hydrogen (secondary N) is 2. The number of likely N-dealkylation sites (N-methyl/N-ethyl adjacent to an activating group) is 1. The summed E-state index contributed by atoms with van der Waals surface area (Å²) in [4.78, 5) is 14.3. The van der Waals surface area contributed by atoms with Crippen molar-refractivity contribution in [2.75, 3.05) is 26.7 Å². The summed E-state index contributed by atoms with van der Waals surface area (Å²) in [5.41, 5.74) is 0.0588. The molecule has 0 aromatic carbocycles. The number of nitrogens with zero attached hydrogens (tertiary/aromatic N) is 1. The number of carbonyl (C=O) groups excluding carboxylic acids is 1. The van der Waals surface area contributed by atoms with Crippen LogP contribution >= 0.6 is 0 Å². The van der Waals surface area contributed by atoms with Crippen molar-refractivity contribution in [2.45, 2.75) is 51.3 Å². The van der Waals surface area contributed by atoms with Gasteiger partial charge in [0.05, 0.1) is 6.10 Å². The second kappa shape index (κ2) is 5.19. The SMILES string of the molecule is CN(CCNC(=O)N[C@@H]1[C@H]2CCO[C@@H]2C1(C)C)C1CC1. The van der Waals surface area contributed by atoms with Crippen LogP contribution in [0.5, 0.6) is 0 Å². The highest BCUT2D eigenvalue weighted by Crippen LogP contribution is 2.51. The Kier molecular flexibility index (Phi) is 3.67. The molecule has 2 saturated carbocycles. The lowest BCUT2D eigenvalue weighted by atomic mass is 9.57. The second-order valence-electron chi connectivity index (χ2n) is 7.15. The fraction of sp³-hybridized carbons (Fsp3) is 0.933. The van der Waals surface area contributed by atoms with Gasteiger partial charge in [-0.25, -0.2) is 4.79 Å². The van der Waals surface area contributed by atoms with Gasteiger partial charge in [-0.15, -0.1) is 0 Å². The van der Waals surface area contributed by atoms with Gasteiger partial charge in [-0.1, -0.05) is 13.8 Å². The minimum atomic E-state index is -0.0300. The first-order valence-electron chi connectivity index (χ1n) is 7.86. The summed E-state index contributed by atoms with van der Waals surface area (Å²) in [6, 6.07) is 0.968. The topological polar surface area (TPSA) is 53.6 Å². The summed E-state index contributed by atoms with van der Waals surface area (Å²) in [5, 5.41) is 6.13. The number of amides is 2. The summed E-state index contributed by atoms with van der Waals surface area (Å²) < 4.78 is 5.75. The first-order valence-corrected chi connectivity index (χ1v) is 7.86. The molecular formula is C15H27N3O2. The third-order valence-corrected chi connectivity index (χ3v) is 5.31. The molecule has 5 heteroatoms. The Balaban J connectivity index is 1.40. The molecule has 0 bridgehead atoms. The van der Waals surface area contributed by atoms with Crippen molar-refractivity contribution >= 4 is 6.03 Å². The second-order valence-corrected chi connectivity index (χ2v) is 7.15. The lowest BCUT2D eigenvalue weighted by Gasteiger charge is -2.54. The molecule has 0 unspecified atom stereocenters. The van der Waals surface area contributed by atoms with Gasteiger partial charge >= 0.3 is 6.03 Å². The predicted molar refractivity (Wildman–Crippen MR) is 77.6 cm³/mol. The number of hydrogen-bond donors (Lipinski definition) is 2. The maximum atomic E-state index is 12.0. The van der Waals surface area contributed by atoms with E-state index in [1.807, 2.05) is 0 Å². The van der Waals surface area contributed by atoms with Crippen molar-refractivity contribution in [3.8, 4) is 0 Å². The molecule has 1 saturated heterocycles. The van der Waals surface area contributed by atoms with E-state index in [2.05, 4.69) is 36.4 Å². The number of hydrogen-bond acceptors (Lipinski definition) is 3. The van der Waals surface area contributed by atoms with E-state index in [4.69, 9.17) is 4.74 Å². The minimum absolute atomic E-state index is 0.0300. The van der Waals surface area contributed by atoms with Crippen molar-refractivity contribution in [2.24, 2.45) is 11.3 Å². The van der Waals surface area contributed by atoms with E-state index in [0.717, 1.165) is 32.2 Å². The predicted octanol–water partition coefficient (Wildman–Crippen LogP) is 1.19. The molecule has 1 heterocycles. The molecule has 3 aliphatic rings. The van der Waals surface area contributed by atoms with E-state index in [0.29, 0.717) is 12.0 Å². The highest BCUT2D eigenvalue weighted by molar-refractivity contribution is 5.74. The molecule has 3 atom stereocenters. The van der Waals surface area contributed by atoms with Crippen LogP contribution in [-0.2, 0) is 4.74 Å². The molecule has 5 nitrogen and oxygen atoms in total. The molecule has 1 aliphatic heterocycles. The average Bonchev–Trinajstić information content (AvgIpc) is 3.14. The molecule has 3 rings (SSSR count). The van der Waals surface area contributed by atoms with Gasteiger partial charge in [0.1, 0.15) is 0 Å². The fourth-order valence-corrected chi connectivity index (χ4v) is 3.85. The summed E-state index contributed by atoms with van der Waals surface area (Å²) in [5.74, 6) is 0.505.